The molecule has 0 saturated heterocycles. The van der Waals surface area contributed by atoms with E-state index in [-0.39, 0.29) is 24.4 Å². The van der Waals surface area contributed by atoms with Crippen LogP contribution in [-0.4, -0.2) is 28.6 Å². The Labute approximate surface area is 121 Å². The van der Waals surface area contributed by atoms with Crippen LogP contribution in [0.3, 0.4) is 0 Å². The van der Waals surface area contributed by atoms with Crippen molar-refractivity contribution in [3.63, 3.8) is 0 Å². The number of pyridine rings is 1. The molecule has 0 aliphatic heterocycles. The monoisotopic (exact) mass is 289 g/mol. The first-order valence-electron chi connectivity index (χ1n) is 6.49. The average molecular weight is 289 g/mol. The lowest BCUT2D eigenvalue weighted by Crippen LogP contribution is -2.35. The maximum absolute atomic E-state index is 13.2. The smallest absolute Gasteiger partial charge is 0.255 e. The highest BCUT2D eigenvalue weighted by molar-refractivity contribution is 5.99. The van der Waals surface area contributed by atoms with Crippen molar-refractivity contribution in [3.05, 3.63) is 54.0 Å². The minimum atomic E-state index is -0.379. The summed E-state index contributed by atoms with van der Waals surface area (Å²) in [5, 5.41) is 14.5. The highest BCUT2D eigenvalue weighted by atomic mass is 19.1. The van der Waals surface area contributed by atoms with Crippen molar-refractivity contribution in [3.8, 4) is 0 Å². The van der Waals surface area contributed by atoms with E-state index in [4.69, 9.17) is 5.11 Å². The molecule has 21 heavy (non-hydrogen) atoms. The third kappa shape index (κ3) is 4.00. The van der Waals surface area contributed by atoms with Gasteiger partial charge in [-0.2, -0.15) is 0 Å². The van der Waals surface area contributed by atoms with Gasteiger partial charge in [-0.1, -0.05) is 6.07 Å². The number of rotatable bonds is 5. The van der Waals surface area contributed by atoms with E-state index in [0.29, 0.717) is 17.1 Å². The Hall–Kier alpha value is -2.47. The molecule has 1 atom stereocenters. The van der Waals surface area contributed by atoms with Gasteiger partial charge in [0.05, 0.1) is 12.2 Å². The summed E-state index contributed by atoms with van der Waals surface area (Å²) in [6, 6.07) is 8.76. The molecule has 3 N–H and O–H groups in total. The predicted molar refractivity (Wildman–Crippen MR) is 77.9 cm³/mol. The summed E-state index contributed by atoms with van der Waals surface area (Å²) in [6.45, 7) is 1.53. The van der Waals surface area contributed by atoms with Crippen LogP contribution in [0, 0.1) is 5.82 Å². The minimum absolute atomic E-state index is 0.154. The molecular formula is C15H16FN3O2. The van der Waals surface area contributed by atoms with Gasteiger partial charge < -0.3 is 15.7 Å². The molecule has 0 radical (unpaired) electrons. The number of halogens is 1. The lowest BCUT2D eigenvalue weighted by molar-refractivity contribution is 0.0923. The van der Waals surface area contributed by atoms with Crippen LogP contribution in [0.25, 0.3) is 0 Å². The molecule has 6 heteroatoms. The van der Waals surface area contributed by atoms with Crippen molar-refractivity contribution in [1.82, 2.24) is 10.3 Å². The molecule has 1 unspecified atom stereocenters. The van der Waals surface area contributed by atoms with E-state index in [2.05, 4.69) is 15.6 Å². The average Bonchev–Trinajstić information content (AvgIpc) is 2.47. The number of hydrogen-bond acceptors (Lipinski definition) is 4. The fourth-order valence-electron chi connectivity index (χ4n) is 1.74. The van der Waals surface area contributed by atoms with Crippen LogP contribution in [0.1, 0.15) is 17.3 Å². The third-order valence-corrected chi connectivity index (χ3v) is 2.79. The zero-order chi connectivity index (χ0) is 15.2. The van der Waals surface area contributed by atoms with Gasteiger partial charge in [-0.25, -0.2) is 9.37 Å². The number of nitrogens with zero attached hydrogens (tertiary/aromatic N) is 1. The minimum Gasteiger partial charge on any atom is -0.394 e. The number of nitrogens with one attached hydrogen (secondary N) is 2. The molecule has 0 bridgehead atoms. The van der Waals surface area contributed by atoms with E-state index in [1.54, 1.807) is 31.2 Å². The second-order valence-corrected chi connectivity index (χ2v) is 4.59. The van der Waals surface area contributed by atoms with Crippen LogP contribution >= 0.6 is 0 Å². The number of amides is 1. The maximum atomic E-state index is 13.2. The van der Waals surface area contributed by atoms with Gasteiger partial charge in [-0.15, -0.1) is 0 Å². The molecule has 1 aromatic heterocycles. The normalized spacial score (nSPS) is 11.8. The van der Waals surface area contributed by atoms with Crippen molar-refractivity contribution >= 4 is 17.4 Å². The van der Waals surface area contributed by atoms with Gasteiger partial charge in [0.2, 0.25) is 0 Å². The van der Waals surface area contributed by atoms with Crippen molar-refractivity contribution < 1.29 is 14.3 Å². The molecular weight excluding hydrogens is 273 g/mol. The fourth-order valence-corrected chi connectivity index (χ4v) is 1.74. The second kappa shape index (κ2) is 6.81. The van der Waals surface area contributed by atoms with Crippen LogP contribution in [0.2, 0.25) is 0 Å². The Morgan fingerprint density at radius 1 is 1.38 bits per heavy atom. The van der Waals surface area contributed by atoms with E-state index in [9.17, 15) is 9.18 Å². The Kier molecular flexibility index (Phi) is 4.84. The highest BCUT2D eigenvalue weighted by Crippen LogP contribution is 2.19. The summed E-state index contributed by atoms with van der Waals surface area (Å²) in [4.78, 5) is 16.2. The molecule has 1 heterocycles. The topological polar surface area (TPSA) is 74.2 Å². The van der Waals surface area contributed by atoms with E-state index >= 15 is 0 Å². The van der Waals surface area contributed by atoms with E-state index in [1.165, 1.54) is 18.3 Å². The van der Waals surface area contributed by atoms with Gasteiger partial charge in [0, 0.05) is 17.9 Å². The van der Waals surface area contributed by atoms with Gasteiger partial charge in [0.25, 0.3) is 5.91 Å². The molecule has 0 fully saturated rings. The lowest BCUT2D eigenvalue weighted by atomic mass is 10.2. The molecule has 2 aromatic rings. The second-order valence-electron chi connectivity index (χ2n) is 4.59. The summed E-state index contributed by atoms with van der Waals surface area (Å²) in [5.41, 5.74) is 0.819. The Morgan fingerprint density at radius 3 is 2.90 bits per heavy atom. The van der Waals surface area contributed by atoms with Crippen LogP contribution in [-0.2, 0) is 0 Å². The molecule has 2 rings (SSSR count). The van der Waals surface area contributed by atoms with Crippen molar-refractivity contribution in [1.29, 1.82) is 0 Å². The number of carbonyl (C=O) groups excluding carboxylic acids is 1. The van der Waals surface area contributed by atoms with Crippen LogP contribution in [0.5, 0.6) is 0 Å². The van der Waals surface area contributed by atoms with Gasteiger partial charge >= 0.3 is 0 Å². The SMILES string of the molecule is CC(CO)NC(=O)c1cccnc1Nc1cccc(F)c1. The quantitative estimate of drug-likeness (QED) is 0.788. The number of aliphatic hydroxyl groups excluding tert-OH is 1. The van der Waals surface area contributed by atoms with Gasteiger partial charge in [0.1, 0.15) is 11.6 Å². The summed E-state index contributed by atoms with van der Waals surface area (Å²) in [7, 11) is 0. The number of carbonyl (C=O) groups is 1. The zero-order valence-corrected chi connectivity index (χ0v) is 11.5. The fraction of sp³-hybridized carbons (Fsp3) is 0.200. The molecule has 0 aliphatic carbocycles. The first kappa shape index (κ1) is 14.9. The van der Waals surface area contributed by atoms with Gasteiger partial charge in [-0.05, 0) is 37.3 Å². The molecule has 5 nitrogen and oxygen atoms in total. The number of aliphatic hydroxyl groups is 1. The molecule has 0 aliphatic rings. The third-order valence-electron chi connectivity index (χ3n) is 2.79. The van der Waals surface area contributed by atoms with Crippen molar-refractivity contribution in [2.24, 2.45) is 0 Å². The summed E-state index contributed by atoms with van der Waals surface area (Å²) < 4.78 is 13.2. The van der Waals surface area contributed by atoms with Gasteiger partial charge in [0.15, 0.2) is 0 Å². The summed E-state index contributed by atoms with van der Waals surface area (Å²) in [6.07, 6.45) is 1.54. The largest absolute Gasteiger partial charge is 0.394 e. The van der Waals surface area contributed by atoms with E-state index in [0.717, 1.165) is 0 Å². The van der Waals surface area contributed by atoms with Crippen molar-refractivity contribution in [2.75, 3.05) is 11.9 Å². The molecule has 110 valence electrons. The molecule has 0 saturated carbocycles. The first-order valence-corrected chi connectivity index (χ1v) is 6.49. The highest BCUT2D eigenvalue weighted by Gasteiger charge is 2.14. The Balaban J connectivity index is 2.22. The van der Waals surface area contributed by atoms with Crippen LogP contribution in [0.4, 0.5) is 15.9 Å². The van der Waals surface area contributed by atoms with E-state index in [1.807, 2.05) is 0 Å². The Morgan fingerprint density at radius 2 is 2.19 bits per heavy atom. The summed E-state index contributed by atoms with van der Waals surface area (Å²) >= 11 is 0. The number of aromatic nitrogens is 1. The van der Waals surface area contributed by atoms with Crippen molar-refractivity contribution in [2.45, 2.75) is 13.0 Å². The van der Waals surface area contributed by atoms with E-state index < -0.39 is 0 Å². The summed E-state index contributed by atoms with van der Waals surface area (Å²) in [5.74, 6) is -0.412. The van der Waals surface area contributed by atoms with Crippen LogP contribution in [0.15, 0.2) is 42.6 Å². The maximum Gasteiger partial charge on any atom is 0.255 e. The van der Waals surface area contributed by atoms with Gasteiger partial charge in [-0.3, -0.25) is 4.79 Å². The zero-order valence-electron chi connectivity index (χ0n) is 11.5. The number of benzene rings is 1. The predicted octanol–water partition coefficient (Wildman–Crippen LogP) is 2.07. The molecule has 1 amide bonds. The first-order chi connectivity index (χ1) is 10.1. The molecule has 0 spiro atoms. The van der Waals surface area contributed by atoms with Crippen LogP contribution < -0.4 is 10.6 Å². The standard InChI is InChI=1S/C15H16FN3O2/c1-10(9-20)18-15(21)13-6-3-7-17-14(13)19-12-5-2-4-11(16)8-12/h2-8,10,20H,9H2,1H3,(H,17,19)(H,18,21). The Bertz CT molecular complexity index is 634. The molecule has 1 aromatic carbocycles. The number of hydrogen-bond donors (Lipinski definition) is 3. The number of anilines is 2. The lowest BCUT2D eigenvalue weighted by Gasteiger charge is -2.14.